The summed E-state index contributed by atoms with van der Waals surface area (Å²) >= 11 is 0. The number of amides is 3. The maximum absolute atomic E-state index is 13.0. The second-order valence-electron chi connectivity index (χ2n) is 8.04. The van der Waals surface area contributed by atoms with Crippen LogP contribution in [-0.2, 0) is 9.53 Å². The monoisotopic (exact) mass is 472 g/mol. The molecule has 35 heavy (non-hydrogen) atoms. The molecule has 0 bridgehead atoms. The van der Waals surface area contributed by atoms with Crippen molar-refractivity contribution in [2.24, 2.45) is 0 Å². The normalized spacial score (nSPS) is 13.3. The van der Waals surface area contributed by atoms with Gasteiger partial charge in [-0.2, -0.15) is 0 Å². The van der Waals surface area contributed by atoms with Crippen LogP contribution in [0.3, 0.4) is 0 Å². The fraction of sp³-hybridized carbons (Fsp3) is 0.185. The Morgan fingerprint density at radius 1 is 0.914 bits per heavy atom. The van der Waals surface area contributed by atoms with Gasteiger partial charge in [0.15, 0.2) is 6.10 Å². The van der Waals surface area contributed by atoms with Gasteiger partial charge in [-0.1, -0.05) is 17.7 Å². The Kier molecular flexibility index (Phi) is 6.64. The predicted molar refractivity (Wildman–Crippen MR) is 130 cm³/mol. The standard InChI is InChI=1S/C27H24N2O6/c1-4-34-21-12-10-20(11-13-21)29-25(31)22-14-7-18(15-23(22)26(29)32)27(33)35-17(3)24(30)28-19-8-5-16(2)6-9-19/h5-15,17H,4H2,1-3H3,(H,28,30). The third kappa shape index (κ3) is 4.91. The topological polar surface area (TPSA) is 102 Å². The highest BCUT2D eigenvalue weighted by Crippen LogP contribution is 2.30. The van der Waals surface area contributed by atoms with Gasteiger partial charge in [-0.3, -0.25) is 14.4 Å². The van der Waals surface area contributed by atoms with Crippen molar-refractivity contribution in [1.82, 2.24) is 0 Å². The number of nitrogens with zero attached hydrogens (tertiary/aromatic N) is 1. The van der Waals surface area contributed by atoms with Gasteiger partial charge in [0.2, 0.25) is 0 Å². The molecule has 1 aliphatic rings. The molecule has 0 spiro atoms. The van der Waals surface area contributed by atoms with E-state index in [4.69, 9.17) is 9.47 Å². The molecule has 0 aliphatic carbocycles. The summed E-state index contributed by atoms with van der Waals surface area (Å²) < 4.78 is 10.7. The highest BCUT2D eigenvalue weighted by Gasteiger charge is 2.37. The van der Waals surface area contributed by atoms with Gasteiger partial charge >= 0.3 is 5.97 Å². The largest absolute Gasteiger partial charge is 0.494 e. The fourth-order valence-corrected chi connectivity index (χ4v) is 3.62. The third-order valence-electron chi connectivity index (χ3n) is 5.50. The Bertz CT molecular complexity index is 1300. The van der Waals surface area contributed by atoms with Gasteiger partial charge in [0.1, 0.15) is 5.75 Å². The van der Waals surface area contributed by atoms with Crippen LogP contribution in [0.1, 0.15) is 50.5 Å². The molecule has 0 aromatic heterocycles. The lowest BCUT2D eigenvalue weighted by molar-refractivity contribution is -0.123. The number of fused-ring (bicyclic) bond motifs is 1. The van der Waals surface area contributed by atoms with Crippen molar-refractivity contribution in [2.75, 3.05) is 16.8 Å². The molecule has 8 nitrogen and oxygen atoms in total. The molecule has 0 saturated heterocycles. The number of hydrogen-bond acceptors (Lipinski definition) is 6. The van der Waals surface area contributed by atoms with Crippen molar-refractivity contribution in [3.05, 3.63) is 89.0 Å². The second-order valence-corrected chi connectivity index (χ2v) is 8.04. The summed E-state index contributed by atoms with van der Waals surface area (Å²) in [7, 11) is 0. The number of benzene rings is 3. The van der Waals surface area contributed by atoms with E-state index in [1.807, 2.05) is 26.0 Å². The van der Waals surface area contributed by atoms with E-state index < -0.39 is 29.8 Å². The molecule has 178 valence electrons. The number of rotatable bonds is 7. The van der Waals surface area contributed by atoms with Crippen molar-refractivity contribution < 1.29 is 28.7 Å². The SMILES string of the molecule is CCOc1ccc(N2C(=O)c3ccc(C(=O)OC(C)C(=O)Nc4ccc(C)cc4)cc3C2=O)cc1. The molecule has 0 saturated carbocycles. The van der Waals surface area contributed by atoms with Gasteiger partial charge in [0.25, 0.3) is 17.7 Å². The van der Waals surface area contributed by atoms with E-state index in [-0.39, 0.29) is 16.7 Å². The van der Waals surface area contributed by atoms with Gasteiger partial charge in [0, 0.05) is 5.69 Å². The van der Waals surface area contributed by atoms with E-state index >= 15 is 0 Å². The molecule has 1 atom stereocenters. The maximum atomic E-state index is 13.0. The molecule has 8 heteroatoms. The van der Waals surface area contributed by atoms with Crippen LogP contribution in [0.5, 0.6) is 5.75 Å². The summed E-state index contributed by atoms with van der Waals surface area (Å²) in [6.45, 7) is 5.74. The minimum atomic E-state index is -1.07. The van der Waals surface area contributed by atoms with Crippen LogP contribution in [0.2, 0.25) is 0 Å². The third-order valence-corrected chi connectivity index (χ3v) is 5.50. The number of hydrogen-bond donors (Lipinski definition) is 1. The van der Waals surface area contributed by atoms with Gasteiger partial charge in [-0.15, -0.1) is 0 Å². The van der Waals surface area contributed by atoms with E-state index in [9.17, 15) is 19.2 Å². The molecule has 3 aromatic carbocycles. The highest BCUT2D eigenvalue weighted by atomic mass is 16.5. The average molecular weight is 472 g/mol. The fourth-order valence-electron chi connectivity index (χ4n) is 3.62. The Morgan fingerprint density at radius 2 is 1.57 bits per heavy atom. The molecule has 1 N–H and O–H groups in total. The summed E-state index contributed by atoms with van der Waals surface area (Å²) in [6, 6.07) is 17.9. The first-order valence-electron chi connectivity index (χ1n) is 11.1. The molecule has 0 fully saturated rings. The Hall–Kier alpha value is -4.46. The van der Waals surface area contributed by atoms with Crippen molar-refractivity contribution in [3.63, 3.8) is 0 Å². The molecule has 4 rings (SSSR count). The Morgan fingerprint density at radius 3 is 2.23 bits per heavy atom. The zero-order valence-corrected chi connectivity index (χ0v) is 19.5. The molecule has 3 amide bonds. The molecule has 3 aromatic rings. The summed E-state index contributed by atoms with van der Waals surface area (Å²) in [5, 5.41) is 2.69. The van der Waals surface area contributed by atoms with E-state index in [1.54, 1.807) is 36.4 Å². The first-order chi connectivity index (χ1) is 16.8. The number of esters is 1. The van der Waals surface area contributed by atoms with Gasteiger partial charge in [-0.25, -0.2) is 9.69 Å². The molecule has 0 radical (unpaired) electrons. The van der Waals surface area contributed by atoms with Crippen molar-refractivity contribution >= 4 is 35.1 Å². The van der Waals surface area contributed by atoms with Crippen molar-refractivity contribution in [3.8, 4) is 5.75 Å². The lowest BCUT2D eigenvalue weighted by Gasteiger charge is -2.14. The lowest BCUT2D eigenvalue weighted by atomic mass is 10.1. The van der Waals surface area contributed by atoms with Crippen molar-refractivity contribution in [1.29, 1.82) is 0 Å². The number of anilines is 2. The van der Waals surface area contributed by atoms with E-state index in [1.165, 1.54) is 25.1 Å². The van der Waals surface area contributed by atoms with Gasteiger partial charge in [0.05, 0.1) is 29.0 Å². The van der Waals surface area contributed by atoms with Crippen LogP contribution in [0.25, 0.3) is 0 Å². The maximum Gasteiger partial charge on any atom is 0.338 e. The minimum Gasteiger partial charge on any atom is -0.494 e. The number of aryl methyl sites for hydroxylation is 1. The molecular weight excluding hydrogens is 448 g/mol. The number of nitrogens with one attached hydrogen (secondary N) is 1. The first kappa shape index (κ1) is 23.7. The van der Waals surface area contributed by atoms with E-state index in [2.05, 4.69) is 5.32 Å². The van der Waals surface area contributed by atoms with Crippen LogP contribution in [0.4, 0.5) is 11.4 Å². The van der Waals surface area contributed by atoms with Gasteiger partial charge in [-0.05, 0) is 75.4 Å². The molecule has 1 heterocycles. The Balaban J connectivity index is 1.46. The van der Waals surface area contributed by atoms with Crippen LogP contribution in [-0.4, -0.2) is 36.4 Å². The molecular formula is C27H24N2O6. The predicted octanol–water partition coefficient (Wildman–Crippen LogP) is 4.38. The van der Waals surface area contributed by atoms with Crippen LogP contribution < -0.4 is 15.0 Å². The van der Waals surface area contributed by atoms with Crippen LogP contribution in [0, 0.1) is 6.92 Å². The molecule has 1 aliphatic heterocycles. The summed E-state index contributed by atoms with van der Waals surface area (Å²) in [4.78, 5) is 52.0. The average Bonchev–Trinajstić information content (AvgIpc) is 3.10. The number of imide groups is 1. The van der Waals surface area contributed by atoms with Crippen LogP contribution >= 0.6 is 0 Å². The smallest absolute Gasteiger partial charge is 0.338 e. The summed E-state index contributed by atoms with van der Waals surface area (Å²) in [6.07, 6.45) is -1.07. The minimum absolute atomic E-state index is 0.0634. The lowest BCUT2D eigenvalue weighted by Crippen LogP contribution is -2.30. The van der Waals surface area contributed by atoms with Gasteiger partial charge < -0.3 is 14.8 Å². The number of carbonyl (C=O) groups excluding carboxylic acids is 4. The Labute approximate surface area is 202 Å². The highest BCUT2D eigenvalue weighted by molar-refractivity contribution is 6.34. The second kappa shape index (κ2) is 9.80. The van der Waals surface area contributed by atoms with E-state index in [0.29, 0.717) is 23.7 Å². The van der Waals surface area contributed by atoms with Crippen molar-refractivity contribution in [2.45, 2.75) is 26.9 Å². The molecule has 1 unspecified atom stereocenters. The zero-order chi connectivity index (χ0) is 25.1. The number of carbonyl (C=O) groups is 4. The summed E-state index contributed by atoms with van der Waals surface area (Å²) in [5.74, 6) is -1.68. The summed E-state index contributed by atoms with van der Waals surface area (Å²) in [5.41, 5.74) is 2.37. The zero-order valence-electron chi connectivity index (χ0n) is 19.5. The van der Waals surface area contributed by atoms with Crippen LogP contribution in [0.15, 0.2) is 66.7 Å². The quantitative estimate of drug-likeness (QED) is 0.405. The number of ether oxygens (including phenoxy) is 2. The van der Waals surface area contributed by atoms with E-state index in [0.717, 1.165) is 10.5 Å². The first-order valence-corrected chi connectivity index (χ1v) is 11.1.